The lowest BCUT2D eigenvalue weighted by atomic mass is 10.2. The predicted molar refractivity (Wildman–Crippen MR) is 69.7 cm³/mol. The third kappa shape index (κ3) is 3.18. The molecule has 0 spiro atoms. The van der Waals surface area contributed by atoms with E-state index in [4.69, 9.17) is 11.6 Å². The van der Waals surface area contributed by atoms with Crippen LogP contribution in [-0.2, 0) is 6.54 Å². The van der Waals surface area contributed by atoms with Crippen LogP contribution in [0, 0.1) is 10.1 Å². The molecule has 1 aromatic carbocycles. The van der Waals surface area contributed by atoms with Crippen molar-refractivity contribution in [3.8, 4) is 0 Å². The molecule has 2 aromatic rings. The third-order valence-corrected chi connectivity index (χ3v) is 2.55. The van der Waals surface area contributed by atoms with E-state index < -0.39 is 4.92 Å². The van der Waals surface area contributed by atoms with Crippen LogP contribution in [0.5, 0.6) is 0 Å². The lowest BCUT2D eigenvalue weighted by Gasteiger charge is -2.06. The van der Waals surface area contributed by atoms with Gasteiger partial charge in [-0.15, -0.1) is 0 Å². The maximum atomic E-state index is 10.6. The summed E-state index contributed by atoms with van der Waals surface area (Å²) < 4.78 is 0. The molecule has 92 valence electrons. The Morgan fingerprint density at radius 3 is 2.89 bits per heavy atom. The van der Waals surface area contributed by atoms with Crippen molar-refractivity contribution in [3.05, 3.63) is 63.4 Å². The fourth-order valence-corrected chi connectivity index (χ4v) is 1.67. The summed E-state index contributed by atoms with van der Waals surface area (Å²) in [5, 5.41) is 14.2. The molecular weight excluding hydrogens is 254 g/mol. The van der Waals surface area contributed by atoms with Crippen LogP contribution in [0.2, 0.25) is 5.15 Å². The average molecular weight is 264 g/mol. The Kier molecular flexibility index (Phi) is 3.74. The summed E-state index contributed by atoms with van der Waals surface area (Å²) in [5.41, 5.74) is 1.74. The van der Waals surface area contributed by atoms with E-state index >= 15 is 0 Å². The van der Waals surface area contributed by atoms with E-state index in [1.807, 2.05) is 6.07 Å². The van der Waals surface area contributed by atoms with Crippen LogP contribution in [0.3, 0.4) is 0 Å². The maximum Gasteiger partial charge on any atom is 0.269 e. The van der Waals surface area contributed by atoms with Gasteiger partial charge in [-0.2, -0.15) is 0 Å². The maximum absolute atomic E-state index is 10.6. The second-order valence-electron chi connectivity index (χ2n) is 3.65. The minimum atomic E-state index is -0.410. The van der Waals surface area contributed by atoms with Gasteiger partial charge in [0.1, 0.15) is 5.15 Å². The number of halogens is 1. The normalized spacial score (nSPS) is 10.1. The third-order valence-electron chi connectivity index (χ3n) is 2.34. The van der Waals surface area contributed by atoms with E-state index in [-0.39, 0.29) is 5.69 Å². The zero-order valence-corrected chi connectivity index (χ0v) is 10.1. The summed E-state index contributed by atoms with van der Waals surface area (Å²) >= 11 is 5.75. The van der Waals surface area contributed by atoms with Crippen molar-refractivity contribution >= 4 is 23.0 Å². The molecule has 0 saturated heterocycles. The summed E-state index contributed by atoms with van der Waals surface area (Å²) in [6, 6.07) is 9.96. The highest BCUT2D eigenvalue weighted by atomic mass is 35.5. The van der Waals surface area contributed by atoms with Crippen molar-refractivity contribution in [2.24, 2.45) is 0 Å². The second kappa shape index (κ2) is 5.46. The standard InChI is InChI=1S/C12H10ClN3O2/c13-12-7-10(4-5-14-12)15-8-9-2-1-3-11(6-9)16(17)18/h1-7H,8H2,(H,14,15). The molecule has 0 unspecified atom stereocenters. The minimum absolute atomic E-state index is 0.0852. The predicted octanol–water partition coefficient (Wildman–Crippen LogP) is 3.26. The summed E-state index contributed by atoms with van der Waals surface area (Å²) in [7, 11) is 0. The van der Waals surface area contributed by atoms with E-state index in [9.17, 15) is 10.1 Å². The van der Waals surface area contributed by atoms with Crippen LogP contribution in [0.15, 0.2) is 42.6 Å². The lowest BCUT2D eigenvalue weighted by Crippen LogP contribution is -2.00. The molecule has 6 heteroatoms. The zero-order valence-electron chi connectivity index (χ0n) is 9.34. The molecule has 0 amide bonds. The van der Waals surface area contributed by atoms with E-state index in [2.05, 4.69) is 10.3 Å². The number of nitro groups is 1. The number of nitrogens with one attached hydrogen (secondary N) is 1. The van der Waals surface area contributed by atoms with Crippen molar-refractivity contribution in [1.82, 2.24) is 4.98 Å². The molecule has 0 aliphatic carbocycles. The van der Waals surface area contributed by atoms with Crippen molar-refractivity contribution < 1.29 is 4.92 Å². The summed E-state index contributed by atoms with van der Waals surface area (Å²) in [5.74, 6) is 0. The highest BCUT2D eigenvalue weighted by Crippen LogP contribution is 2.16. The van der Waals surface area contributed by atoms with Crippen molar-refractivity contribution in [3.63, 3.8) is 0 Å². The number of nitro benzene ring substituents is 1. The summed E-state index contributed by atoms with van der Waals surface area (Å²) in [4.78, 5) is 14.1. The number of rotatable bonds is 4. The number of non-ortho nitro benzene ring substituents is 1. The first-order valence-corrected chi connectivity index (χ1v) is 5.62. The number of hydrogen-bond acceptors (Lipinski definition) is 4. The Balaban J connectivity index is 2.06. The molecule has 0 aliphatic heterocycles. The zero-order chi connectivity index (χ0) is 13.0. The highest BCUT2D eigenvalue weighted by molar-refractivity contribution is 6.29. The highest BCUT2D eigenvalue weighted by Gasteiger charge is 2.05. The van der Waals surface area contributed by atoms with Crippen LogP contribution in [0.25, 0.3) is 0 Å². The Morgan fingerprint density at radius 1 is 1.33 bits per heavy atom. The molecule has 1 N–H and O–H groups in total. The number of pyridine rings is 1. The molecule has 1 heterocycles. The Morgan fingerprint density at radius 2 is 2.17 bits per heavy atom. The Bertz CT molecular complexity index is 575. The van der Waals surface area contributed by atoms with Gasteiger partial charge < -0.3 is 5.32 Å². The van der Waals surface area contributed by atoms with Crippen molar-refractivity contribution in [2.45, 2.75) is 6.54 Å². The minimum Gasteiger partial charge on any atom is -0.381 e. The van der Waals surface area contributed by atoms with Crippen molar-refractivity contribution in [1.29, 1.82) is 0 Å². The number of hydrogen-bond donors (Lipinski definition) is 1. The average Bonchev–Trinajstić information content (AvgIpc) is 2.37. The molecule has 0 atom stereocenters. The van der Waals surface area contributed by atoms with Crippen LogP contribution < -0.4 is 5.32 Å². The molecule has 18 heavy (non-hydrogen) atoms. The molecule has 2 rings (SSSR count). The fraction of sp³-hybridized carbons (Fsp3) is 0.0833. The van der Waals surface area contributed by atoms with Gasteiger partial charge in [0, 0.05) is 30.6 Å². The number of nitrogens with zero attached hydrogens (tertiary/aromatic N) is 2. The van der Waals surface area contributed by atoms with Gasteiger partial charge in [-0.1, -0.05) is 23.7 Å². The molecule has 0 bridgehead atoms. The monoisotopic (exact) mass is 263 g/mol. The first kappa shape index (κ1) is 12.3. The van der Waals surface area contributed by atoms with Crippen LogP contribution in [0.4, 0.5) is 11.4 Å². The van der Waals surface area contributed by atoms with Crippen molar-refractivity contribution in [2.75, 3.05) is 5.32 Å². The second-order valence-corrected chi connectivity index (χ2v) is 4.04. The largest absolute Gasteiger partial charge is 0.381 e. The first-order chi connectivity index (χ1) is 8.65. The molecular formula is C12H10ClN3O2. The fourth-order valence-electron chi connectivity index (χ4n) is 1.50. The van der Waals surface area contributed by atoms with E-state index in [0.29, 0.717) is 11.7 Å². The van der Waals surface area contributed by atoms with E-state index in [1.165, 1.54) is 12.1 Å². The van der Waals surface area contributed by atoms with Gasteiger partial charge in [0.15, 0.2) is 0 Å². The first-order valence-electron chi connectivity index (χ1n) is 5.24. The van der Waals surface area contributed by atoms with Gasteiger partial charge in [-0.25, -0.2) is 4.98 Å². The van der Waals surface area contributed by atoms with Gasteiger partial charge in [0.2, 0.25) is 0 Å². The Hall–Kier alpha value is -2.14. The van der Waals surface area contributed by atoms with Crippen LogP contribution >= 0.6 is 11.6 Å². The Labute approximate surface area is 109 Å². The molecule has 0 saturated carbocycles. The number of anilines is 1. The molecule has 0 aliphatic rings. The summed E-state index contributed by atoms with van der Waals surface area (Å²) in [6.45, 7) is 0.488. The number of aromatic nitrogens is 1. The quantitative estimate of drug-likeness (QED) is 0.522. The van der Waals surface area contributed by atoms with Gasteiger partial charge in [0.25, 0.3) is 5.69 Å². The van der Waals surface area contributed by atoms with Gasteiger partial charge in [0.05, 0.1) is 4.92 Å². The molecule has 0 fully saturated rings. The molecule has 0 radical (unpaired) electrons. The molecule has 5 nitrogen and oxygen atoms in total. The lowest BCUT2D eigenvalue weighted by molar-refractivity contribution is -0.384. The van der Waals surface area contributed by atoms with Crippen LogP contribution in [0.1, 0.15) is 5.56 Å². The van der Waals surface area contributed by atoms with Crippen LogP contribution in [-0.4, -0.2) is 9.91 Å². The van der Waals surface area contributed by atoms with Gasteiger partial charge in [-0.05, 0) is 17.7 Å². The smallest absolute Gasteiger partial charge is 0.269 e. The molecule has 1 aromatic heterocycles. The summed E-state index contributed by atoms with van der Waals surface area (Å²) in [6.07, 6.45) is 1.60. The van der Waals surface area contributed by atoms with Gasteiger partial charge >= 0.3 is 0 Å². The van der Waals surface area contributed by atoms with E-state index in [1.54, 1.807) is 24.4 Å². The van der Waals surface area contributed by atoms with E-state index in [0.717, 1.165) is 11.3 Å². The number of benzene rings is 1. The topological polar surface area (TPSA) is 68.1 Å². The SMILES string of the molecule is O=[N+]([O-])c1cccc(CNc2ccnc(Cl)c2)c1. The van der Waals surface area contributed by atoms with Gasteiger partial charge in [-0.3, -0.25) is 10.1 Å².